The Morgan fingerprint density at radius 3 is 2.64 bits per heavy atom. The van der Waals surface area contributed by atoms with Gasteiger partial charge in [-0.25, -0.2) is 8.78 Å². The lowest BCUT2D eigenvalue weighted by Crippen LogP contribution is -2.26. The van der Waals surface area contributed by atoms with Crippen LogP contribution in [0.3, 0.4) is 0 Å². The van der Waals surface area contributed by atoms with E-state index in [1.165, 1.54) is 13.2 Å². The van der Waals surface area contributed by atoms with Crippen LogP contribution in [0.2, 0.25) is 0 Å². The molecule has 1 saturated heterocycles. The van der Waals surface area contributed by atoms with Crippen LogP contribution in [0, 0.1) is 11.6 Å². The maximum atomic E-state index is 13.2. The SMILES string of the molecule is COc1nc(CNC(=O)c2ccc(F)c(F)c2)nc(N2CCCC2)n1. The molecule has 0 atom stereocenters. The van der Waals surface area contributed by atoms with Gasteiger partial charge in [-0.15, -0.1) is 0 Å². The summed E-state index contributed by atoms with van der Waals surface area (Å²) < 4.78 is 31.2. The monoisotopic (exact) mass is 349 g/mol. The molecule has 0 unspecified atom stereocenters. The number of benzene rings is 1. The van der Waals surface area contributed by atoms with E-state index in [-0.39, 0.29) is 18.1 Å². The minimum atomic E-state index is -1.08. The zero-order chi connectivity index (χ0) is 17.8. The number of nitrogens with zero attached hydrogens (tertiary/aromatic N) is 4. The molecule has 1 aliphatic heterocycles. The lowest BCUT2D eigenvalue weighted by atomic mass is 10.2. The van der Waals surface area contributed by atoms with Crippen molar-refractivity contribution >= 4 is 11.9 Å². The molecule has 1 N–H and O–H groups in total. The number of methoxy groups -OCH3 is 1. The van der Waals surface area contributed by atoms with Crippen molar-refractivity contribution < 1.29 is 18.3 Å². The number of nitrogens with one attached hydrogen (secondary N) is 1. The van der Waals surface area contributed by atoms with Crippen LogP contribution in [0.25, 0.3) is 0 Å². The number of halogens is 2. The molecule has 2 aromatic rings. The molecule has 0 saturated carbocycles. The predicted molar refractivity (Wildman–Crippen MR) is 85.4 cm³/mol. The lowest BCUT2D eigenvalue weighted by molar-refractivity contribution is 0.0949. The Morgan fingerprint density at radius 1 is 1.20 bits per heavy atom. The minimum Gasteiger partial charge on any atom is -0.467 e. The second kappa shape index (κ2) is 7.37. The Kier molecular flexibility index (Phi) is 5.01. The summed E-state index contributed by atoms with van der Waals surface area (Å²) in [7, 11) is 1.45. The molecule has 132 valence electrons. The summed E-state index contributed by atoms with van der Waals surface area (Å²) in [5.41, 5.74) is 0.0136. The molecule has 3 rings (SSSR count). The van der Waals surface area contributed by atoms with E-state index in [1.807, 2.05) is 4.90 Å². The fourth-order valence-electron chi connectivity index (χ4n) is 2.51. The zero-order valence-electron chi connectivity index (χ0n) is 13.6. The number of carbonyl (C=O) groups is 1. The lowest BCUT2D eigenvalue weighted by Gasteiger charge is -2.16. The number of carbonyl (C=O) groups excluding carboxylic acids is 1. The number of hydrogen-bond donors (Lipinski definition) is 1. The van der Waals surface area contributed by atoms with Gasteiger partial charge >= 0.3 is 6.01 Å². The van der Waals surface area contributed by atoms with Crippen LogP contribution in [-0.4, -0.2) is 41.1 Å². The van der Waals surface area contributed by atoms with E-state index in [1.54, 1.807) is 0 Å². The highest BCUT2D eigenvalue weighted by Gasteiger charge is 2.18. The highest BCUT2D eigenvalue weighted by molar-refractivity contribution is 5.94. The van der Waals surface area contributed by atoms with Gasteiger partial charge in [0.1, 0.15) is 0 Å². The molecular weight excluding hydrogens is 332 g/mol. The number of hydrogen-bond acceptors (Lipinski definition) is 6. The Labute approximate surface area is 143 Å². The molecule has 1 aliphatic rings. The fraction of sp³-hybridized carbons (Fsp3) is 0.375. The smallest absolute Gasteiger partial charge is 0.321 e. The van der Waals surface area contributed by atoms with Gasteiger partial charge in [0.15, 0.2) is 17.5 Å². The van der Waals surface area contributed by atoms with Gasteiger partial charge in [-0.05, 0) is 31.0 Å². The minimum absolute atomic E-state index is 0.0115. The Hall–Kier alpha value is -2.84. The van der Waals surface area contributed by atoms with E-state index < -0.39 is 17.5 Å². The molecule has 0 bridgehead atoms. The van der Waals surface area contributed by atoms with Crippen LogP contribution in [0.5, 0.6) is 6.01 Å². The van der Waals surface area contributed by atoms with Gasteiger partial charge in [0.25, 0.3) is 5.91 Å². The van der Waals surface area contributed by atoms with Gasteiger partial charge in [-0.2, -0.15) is 15.0 Å². The third-order valence-corrected chi connectivity index (χ3v) is 3.81. The first kappa shape index (κ1) is 17.0. The molecule has 2 heterocycles. The van der Waals surface area contributed by atoms with Crippen molar-refractivity contribution in [1.82, 2.24) is 20.3 Å². The molecule has 1 aromatic carbocycles. The van der Waals surface area contributed by atoms with E-state index in [0.29, 0.717) is 11.8 Å². The highest BCUT2D eigenvalue weighted by Crippen LogP contribution is 2.17. The van der Waals surface area contributed by atoms with Gasteiger partial charge in [0.2, 0.25) is 5.95 Å². The third-order valence-electron chi connectivity index (χ3n) is 3.81. The molecule has 0 spiro atoms. The molecular formula is C16H17F2N5O2. The van der Waals surface area contributed by atoms with E-state index in [9.17, 15) is 13.6 Å². The molecule has 1 aromatic heterocycles. The first-order valence-electron chi connectivity index (χ1n) is 7.84. The summed E-state index contributed by atoms with van der Waals surface area (Å²) >= 11 is 0. The molecule has 7 nitrogen and oxygen atoms in total. The van der Waals surface area contributed by atoms with Crippen molar-refractivity contribution in [1.29, 1.82) is 0 Å². The fourth-order valence-corrected chi connectivity index (χ4v) is 2.51. The van der Waals surface area contributed by atoms with Crippen molar-refractivity contribution in [3.63, 3.8) is 0 Å². The van der Waals surface area contributed by atoms with Crippen LogP contribution in [0.4, 0.5) is 14.7 Å². The summed E-state index contributed by atoms with van der Waals surface area (Å²) in [6.45, 7) is 1.72. The van der Waals surface area contributed by atoms with Gasteiger partial charge in [0, 0.05) is 18.7 Å². The molecule has 0 radical (unpaired) electrons. The quantitative estimate of drug-likeness (QED) is 0.885. The number of aromatic nitrogens is 3. The summed E-state index contributed by atoms with van der Waals surface area (Å²) in [6, 6.07) is 3.11. The van der Waals surface area contributed by atoms with Crippen LogP contribution < -0.4 is 15.0 Å². The van der Waals surface area contributed by atoms with Gasteiger partial charge in [-0.1, -0.05) is 0 Å². The van der Waals surface area contributed by atoms with E-state index in [2.05, 4.69) is 20.3 Å². The van der Waals surface area contributed by atoms with Crippen LogP contribution in [0.15, 0.2) is 18.2 Å². The average Bonchev–Trinajstić information content (AvgIpc) is 3.16. The van der Waals surface area contributed by atoms with Crippen molar-refractivity contribution in [2.24, 2.45) is 0 Å². The molecule has 9 heteroatoms. The second-order valence-corrected chi connectivity index (χ2v) is 5.54. The summed E-state index contributed by atoms with van der Waals surface area (Å²) in [6.07, 6.45) is 2.13. The highest BCUT2D eigenvalue weighted by atomic mass is 19.2. The van der Waals surface area contributed by atoms with Crippen molar-refractivity contribution in [2.45, 2.75) is 19.4 Å². The number of amides is 1. The standard InChI is InChI=1S/C16H17F2N5O2/c1-25-16-21-13(20-15(22-16)23-6-2-3-7-23)9-19-14(24)10-4-5-11(17)12(18)8-10/h4-5,8H,2-3,6-7,9H2,1H3,(H,19,24). The number of ether oxygens (including phenoxy) is 1. The van der Waals surface area contributed by atoms with E-state index in [0.717, 1.165) is 38.1 Å². The Balaban J connectivity index is 1.72. The maximum absolute atomic E-state index is 13.2. The predicted octanol–water partition coefficient (Wildman–Crippen LogP) is 1.69. The molecule has 0 aliphatic carbocycles. The largest absolute Gasteiger partial charge is 0.467 e. The number of rotatable bonds is 5. The first-order chi connectivity index (χ1) is 12.1. The Morgan fingerprint density at radius 2 is 1.96 bits per heavy atom. The Bertz CT molecular complexity index is 781. The van der Waals surface area contributed by atoms with Crippen LogP contribution in [0.1, 0.15) is 29.0 Å². The van der Waals surface area contributed by atoms with Gasteiger partial charge in [-0.3, -0.25) is 4.79 Å². The summed E-state index contributed by atoms with van der Waals surface area (Å²) in [5, 5.41) is 2.58. The van der Waals surface area contributed by atoms with Gasteiger partial charge in [0.05, 0.1) is 13.7 Å². The van der Waals surface area contributed by atoms with Crippen molar-refractivity contribution in [2.75, 3.05) is 25.1 Å². The molecule has 25 heavy (non-hydrogen) atoms. The molecule has 1 fully saturated rings. The zero-order valence-corrected chi connectivity index (χ0v) is 13.6. The normalized spacial score (nSPS) is 13.8. The van der Waals surface area contributed by atoms with Crippen molar-refractivity contribution in [3.05, 3.63) is 41.2 Å². The van der Waals surface area contributed by atoms with E-state index >= 15 is 0 Å². The summed E-state index contributed by atoms with van der Waals surface area (Å²) in [5.74, 6) is -1.81. The number of anilines is 1. The van der Waals surface area contributed by atoms with E-state index in [4.69, 9.17) is 4.74 Å². The first-order valence-corrected chi connectivity index (χ1v) is 7.84. The van der Waals surface area contributed by atoms with Gasteiger partial charge < -0.3 is 15.0 Å². The average molecular weight is 349 g/mol. The summed E-state index contributed by atoms with van der Waals surface area (Å²) in [4.78, 5) is 26.7. The second-order valence-electron chi connectivity index (χ2n) is 5.54. The van der Waals surface area contributed by atoms with Crippen LogP contribution in [-0.2, 0) is 6.54 Å². The maximum Gasteiger partial charge on any atom is 0.321 e. The topological polar surface area (TPSA) is 80.2 Å². The third kappa shape index (κ3) is 3.98. The molecule has 1 amide bonds. The van der Waals surface area contributed by atoms with Crippen LogP contribution >= 0.6 is 0 Å². The van der Waals surface area contributed by atoms with Crippen molar-refractivity contribution in [3.8, 4) is 6.01 Å².